The third-order valence-electron chi connectivity index (χ3n) is 3.60. The van der Waals surface area contributed by atoms with Crippen molar-refractivity contribution < 1.29 is 4.74 Å². The van der Waals surface area contributed by atoms with Gasteiger partial charge in [0.25, 0.3) is 0 Å². The largest absolute Gasteiger partial charge is 0.488 e. The van der Waals surface area contributed by atoms with Gasteiger partial charge >= 0.3 is 0 Å². The number of hydrogen-bond acceptors (Lipinski definition) is 2. The maximum atomic E-state index is 6.03. The molecule has 0 aromatic heterocycles. The summed E-state index contributed by atoms with van der Waals surface area (Å²) in [5.41, 5.74) is 6.20. The van der Waals surface area contributed by atoms with Crippen molar-refractivity contribution in [2.45, 2.75) is 40.8 Å². The van der Waals surface area contributed by atoms with E-state index >= 15 is 0 Å². The third kappa shape index (κ3) is 4.33. The van der Waals surface area contributed by atoms with Crippen LogP contribution in [-0.2, 0) is 13.2 Å². The zero-order valence-corrected chi connectivity index (χ0v) is 13.5. The second-order valence-corrected chi connectivity index (χ2v) is 5.61. The average Bonchev–Trinajstić information content (AvgIpc) is 2.46. The maximum Gasteiger partial charge on any atom is 0.125 e. The topological polar surface area (TPSA) is 21.3 Å². The molecule has 0 aliphatic carbocycles. The second-order valence-electron chi connectivity index (χ2n) is 5.61. The molecule has 0 unspecified atom stereocenters. The van der Waals surface area contributed by atoms with Gasteiger partial charge in [-0.05, 0) is 49.6 Å². The number of benzene rings is 2. The van der Waals surface area contributed by atoms with Gasteiger partial charge in [0, 0.05) is 6.54 Å². The molecule has 0 bridgehead atoms. The molecule has 0 aliphatic heterocycles. The lowest BCUT2D eigenvalue weighted by Crippen LogP contribution is -2.12. The summed E-state index contributed by atoms with van der Waals surface area (Å²) in [4.78, 5) is 0. The van der Waals surface area contributed by atoms with E-state index < -0.39 is 0 Å². The first kappa shape index (κ1) is 15.6. The molecule has 2 heteroatoms. The Hall–Kier alpha value is -1.80. The van der Waals surface area contributed by atoms with Gasteiger partial charge in [0.2, 0.25) is 0 Å². The van der Waals surface area contributed by atoms with Crippen LogP contribution >= 0.6 is 0 Å². The minimum Gasteiger partial charge on any atom is -0.488 e. The van der Waals surface area contributed by atoms with Gasteiger partial charge in [0.1, 0.15) is 12.4 Å². The van der Waals surface area contributed by atoms with Gasteiger partial charge in [-0.25, -0.2) is 0 Å². The maximum absolute atomic E-state index is 6.03. The monoisotopic (exact) mass is 283 g/mol. The third-order valence-corrected chi connectivity index (χ3v) is 3.60. The lowest BCUT2D eigenvalue weighted by molar-refractivity contribution is 0.302. The van der Waals surface area contributed by atoms with E-state index in [0.717, 1.165) is 18.8 Å². The predicted octanol–water partition coefficient (Wildman–Crippen LogP) is 4.30. The molecule has 0 spiro atoms. The smallest absolute Gasteiger partial charge is 0.125 e. The van der Waals surface area contributed by atoms with Crippen molar-refractivity contribution in [1.29, 1.82) is 0 Å². The molecule has 0 saturated carbocycles. The number of aryl methyl sites for hydroxylation is 3. The van der Waals surface area contributed by atoms with Gasteiger partial charge in [0.05, 0.1) is 0 Å². The SMILES string of the molecule is CCNCc1cc(C)c(OCc2ccc(C)cc2)c(C)c1. The van der Waals surface area contributed by atoms with E-state index in [1.54, 1.807) is 0 Å². The minimum atomic E-state index is 0.620. The van der Waals surface area contributed by atoms with E-state index in [9.17, 15) is 0 Å². The molecule has 2 aromatic rings. The molecular weight excluding hydrogens is 258 g/mol. The zero-order valence-electron chi connectivity index (χ0n) is 13.5. The molecule has 0 aliphatic rings. The summed E-state index contributed by atoms with van der Waals surface area (Å²) >= 11 is 0. The highest BCUT2D eigenvalue weighted by atomic mass is 16.5. The minimum absolute atomic E-state index is 0.620. The number of hydrogen-bond donors (Lipinski definition) is 1. The first-order chi connectivity index (χ1) is 10.1. The molecular formula is C19H25NO. The first-order valence-electron chi connectivity index (χ1n) is 7.59. The van der Waals surface area contributed by atoms with Crippen LogP contribution in [0.2, 0.25) is 0 Å². The van der Waals surface area contributed by atoms with E-state index in [1.165, 1.54) is 27.8 Å². The molecule has 0 atom stereocenters. The van der Waals surface area contributed by atoms with Crippen LogP contribution in [-0.4, -0.2) is 6.54 Å². The van der Waals surface area contributed by atoms with Crippen molar-refractivity contribution in [3.05, 3.63) is 64.2 Å². The van der Waals surface area contributed by atoms with E-state index in [1.807, 2.05) is 0 Å². The van der Waals surface area contributed by atoms with E-state index in [2.05, 4.69) is 69.4 Å². The fourth-order valence-corrected chi connectivity index (χ4v) is 2.48. The van der Waals surface area contributed by atoms with Crippen LogP contribution in [0.1, 0.15) is 34.7 Å². The van der Waals surface area contributed by atoms with Crippen molar-refractivity contribution in [2.24, 2.45) is 0 Å². The van der Waals surface area contributed by atoms with Gasteiger partial charge < -0.3 is 10.1 Å². The van der Waals surface area contributed by atoms with Crippen molar-refractivity contribution in [3.63, 3.8) is 0 Å². The highest BCUT2D eigenvalue weighted by Gasteiger charge is 2.07. The van der Waals surface area contributed by atoms with Crippen LogP contribution in [0.25, 0.3) is 0 Å². The molecule has 0 radical (unpaired) electrons. The van der Waals surface area contributed by atoms with Crippen LogP contribution in [0.5, 0.6) is 5.75 Å². The van der Waals surface area contributed by atoms with Crippen molar-refractivity contribution in [2.75, 3.05) is 6.54 Å². The average molecular weight is 283 g/mol. The molecule has 2 rings (SSSR count). The summed E-state index contributed by atoms with van der Waals surface area (Å²) < 4.78 is 6.03. The van der Waals surface area contributed by atoms with E-state index in [0.29, 0.717) is 6.61 Å². The summed E-state index contributed by atoms with van der Waals surface area (Å²) in [6, 6.07) is 12.9. The lowest BCUT2D eigenvalue weighted by atomic mass is 10.1. The van der Waals surface area contributed by atoms with Crippen LogP contribution in [0.15, 0.2) is 36.4 Å². The van der Waals surface area contributed by atoms with Crippen LogP contribution < -0.4 is 10.1 Å². The molecule has 2 nitrogen and oxygen atoms in total. The Balaban J connectivity index is 2.07. The van der Waals surface area contributed by atoms with Gasteiger partial charge in [-0.1, -0.05) is 48.9 Å². The summed E-state index contributed by atoms with van der Waals surface area (Å²) in [5.74, 6) is 1.01. The van der Waals surface area contributed by atoms with Crippen LogP contribution in [0, 0.1) is 20.8 Å². The molecule has 0 heterocycles. The predicted molar refractivity (Wildman–Crippen MR) is 88.8 cm³/mol. The number of nitrogens with one attached hydrogen (secondary N) is 1. The van der Waals surface area contributed by atoms with Gasteiger partial charge in [-0.15, -0.1) is 0 Å². The molecule has 0 saturated heterocycles. The molecule has 1 N–H and O–H groups in total. The molecule has 112 valence electrons. The Morgan fingerprint density at radius 1 is 0.905 bits per heavy atom. The second kappa shape index (κ2) is 7.28. The van der Waals surface area contributed by atoms with Crippen LogP contribution in [0.4, 0.5) is 0 Å². The Morgan fingerprint density at radius 3 is 2.10 bits per heavy atom. The van der Waals surface area contributed by atoms with Crippen LogP contribution in [0.3, 0.4) is 0 Å². The molecule has 2 aromatic carbocycles. The highest BCUT2D eigenvalue weighted by Crippen LogP contribution is 2.25. The molecule has 21 heavy (non-hydrogen) atoms. The molecule has 0 fully saturated rings. The van der Waals surface area contributed by atoms with Gasteiger partial charge in [-0.2, -0.15) is 0 Å². The fraction of sp³-hybridized carbons (Fsp3) is 0.368. The van der Waals surface area contributed by atoms with Crippen molar-refractivity contribution >= 4 is 0 Å². The summed E-state index contributed by atoms with van der Waals surface area (Å²) in [6.45, 7) is 11.0. The standard InChI is InChI=1S/C19H25NO/c1-5-20-12-18-10-15(3)19(16(4)11-18)21-13-17-8-6-14(2)7-9-17/h6-11,20H,5,12-13H2,1-4H3. The van der Waals surface area contributed by atoms with E-state index in [4.69, 9.17) is 4.74 Å². The molecule has 0 amide bonds. The first-order valence-corrected chi connectivity index (χ1v) is 7.59. The normalized spacial score (nSPS) is 10.7. The summed E-state index contributed by atoms with van der Waals surface area (Å²) in [7, 11) is 0. The Morgan fingerprint density at radius 2 is 1.52 bits per heavy atom. The Bertz CT molecular complexity index is 564. The summed E-state index contributed by atoms with van der Waals surface area (Å²) in [5, 5.41) is 3.36. The Labute approximate surface area is 128 Å². The highest BCUT2D eigenvalue weighted by molar-refractivity contribution is 5.43. The Kier molecular flexibility index (Phi) is 5.40. The lowest BCUT2D eigenvalue weighted by Gasteiger charge is -2.14. The fourth-order valence-electron chi connectivity index (χ4n) is 2.48. The van der Waals surface area contributed by atoms with Gasteiger partial charge in [0.15, 0.2) is 0 Å². The van der Waals surface area contributed by atoms with Crippen molar-refractivity contribution in [3.8, 4) is 5.75 Å². The van der Waals surface area contributed by atoms with Gasteiger partial charge in [-0.3, -0.25) is 0 Å². The van der Waals surface area contributed by atoms with E-state index in [-0.39, 0.29) is 0 Å². The number of rotatable bonds is 6. The quantitative estimate of drug-likeness (QED) is 0.853. The number of ether oxygens (including phenoxy) is 1. The van der Waals surface area contributed by atoms with Crippen molar-refractivity contribution in [1.82, 2.24) is 5.32 Å². The zero-order chi connectivity index (χ0) is 15.2. The summed E-state index contributed by atoms with van der Waals surface area (Å²) in [6.07, 6.45) is 0.